The van der Waals surface area contributed by atoms with Crippen LogP contribution in [0.4, 0.5) is 0 Å². The van der Waals surface area contributed by atoms with E-state index in [0.29, 0.717) is 17.5 Å². The van der Waals surface area contributed by atoms with E-state index in [9.17, 15) is 0 Å². The molecule has 12 aromatic rings. The van der Waals surface area contributed by atoms with Crippen LogP contribution in [0.3, 0.4) is 0 Å². The normalized spacial score (nSPS) is 11.7. The lowest BCUT2D eigenvalue weighted by atomic mass is 9.89. The van der Waals surface area contributed by atoms with Crippen LogP contribution in [0, 0.1) is 0 Å². The van der Waals surface area contributed by atoms with Gasteiger partial charge < -0.3 is 8.83 Å². The molecule has 60 heavy (non-hydrogen) atoms. The highest BCUT2D eigenvalue weighted by Gasteiger charge is 2.20. The third-order valence-electron chi connectivity index (χ3n) is 11.5. The van der Waals surface area contributed by atoms with Crippen LogP contribution in [-0.2, 0) is 0 Å². The van der Waals surface area contributed by atoms with Crippen LogP contribution in [0.5, 0.6) is 0 Å². The van der Waals surface area contributed by atoms with Crippen LogP contribution in [0.1, 0.15) is 0 Å². The molecule has 0 radical (unpaired) electrons. The molecule has 0 aliphatic heterocycles. The Morgan fingerprint density at radius 3 is 1.65 bits per heavy atom. The Morgan fingerprint density at radius 1 is 0.300 bits per heavy atom. The Bertz CT molecular complexity index is 3610. The van der Waals surface area contributed by atoms with Crippen molar-refractivity contribution in [3.05, 3.63) is 200 Å². The standard InChI is InChI=1S/C55H33N3O2/c1-3-13-34(14-4-1)36-17-11-18-40(32-36)53-56-54(58-55(57-53)46-22-12-21-44-43-19-7-9-23-47(43)60-52(44)46)41-28-26-37-31-39(27-25-38(37)33-41)50-42(35-15-5-2-6-16-35)29-30-49-51(50)45-20-8-10-24-48(45)59-49/h1-33H. The molecule has 3 heterocycles. The Labute approximate surface area is 344 Å². The van der Waals surface area contributed by atoms with E-state index in [1.165, 1.54) is 0 Å². The van der Waals surface area contributed by atoms with Crippen molar-refractivity contribution < 1.29 is 8.83 Å². The lowest BCUT2D eigenvalue weighted by molar-refractivity contribution is 0.669. The minimum Gasteiger partial charge on any atom is -0.456 e. The zero-order valence-corrected chi connectivity index (χ0v) is 32.2. The van der Waals surface area contributed by atoms with E-state index >= 15 is 0 Å². The summed E-state index contributed by atoms with van der Waals surface area (Å²) < 4.78 is 12.9. The van der Waals surface area contributed by atoms with E-state index in [1.54, 1.807) is 0 Å². The van der Waals surface area contributed by atoms with Gasteiger partial charge in [0.15, 0.2) is 17.5 Å². The van der Waals surface area contributed by atoms with E-state index in [-0.39, 0.29) is 0 Å². The van der Waals surface area contributed by atoms with Crippen LogP contribution < -0.4 is 0 Å². The van der Waals surface area contributed by atoms with Gasteiger partial charge in [-0.2, -0.15) is 0 Å². The molecule has 9 aromatic carbocycles. The molecule has 0 aliphatic rings. The summed E-state index contributed by atoms with van der Waals surface area (Å²) in [6.07, 6.45) is 0. The van der Waals surface area contributed by atoms with E-state index < -0.39 is 0 Å². The van der Waals surface area contributed by atoms with Crippen molar-refractivity contribution in [3.63, 3.8) is 0 Å². The Hall–Kier alpha value is -8.15. The zero-order valence-electron chi connectivity index (χ0n) is 32.2. The van der Waals surface area contributed by atoms with Gasteiger partial charge in [-0.3, -0.25) is 0 Å². The maximum Gasteiger partial charge on any atom is 0.167 e. The molecule has 0 atom stereocenters. The predicted molar refractivity (Wildman–Crippen MR) is 245 cm³/mol. The molecule has 0 aliphatic carbocycles. The van der Waals surface area contributed by atoms with Gasteiger partial charge in [-0.05, 0) is 81.1 Å². The summed E-state index contributed by atoms with van der Waals surface area (Å²) >= 11 is 0. The largest absolute Gasteiger partial charge is 0.456 e. The average molecular weight is 768 g/mol. The highest BCUT2D eigenvalue weighted by Crippen LogP contribution is 2.44. The van der Waals surface area contributed by atoms with Gasteiger partial charge in [0.2, 0.25) is 0 Å². The Balaban J connectivity index is 1.03. The van der Waals surface area contributed by atoms with Crippen molar-refractivity contribution in [2.45, 2.75) is 0 Å². The second-order valence-electron chi connectivity index (χ2n) is 15.1. The van der Waals surface area contributed by atoms with Gasteiger partial charge in [-0.1, -0.05) is 158 Å². The first-order valence-electron chi connectivity index (χ1n) is 20.1. The number of furan rings is 2. The third-order valence-corrected chi connectivity index (χ3v) is 11.5. The molecule has 0 fully saturated rings. The summed E-state index contributed by atoms with van der Waals surface area (Å²) in [5, 5.41) is 6.48. The summed E-state index contributed by atoms with van der Waals surface area (Å²) in [7, 11) is 0. The number of hydrogen-bond donors (Lipinski definition) is 0. The molecule has 0 amide bonds. The zero-order chi connectivity index (χ0) is 39.6. The van der Waals surface area contributed by atoms with Crippen LogP contribution >= 0.6 is 0 Å². The number of aromatic nitrogens is 3. The van der Waals surface area contributed by atoms with Gasteiger partial charge in [0, 0.05) is 38.2 Å². The number of nitrogens with zero attached hydrogens (tertiary/aromatic N) is 3. The summed E-state index contributed by atoms with van der Waals surface area (Å²) in [6, 6.07) is 69.4. The molecule has 0 saturated heterocycles. The SMILES string of the molecule is c1ccc(-c2cccc(-c3nc(-c4ccc5cc(-c6c(-c7ccccc7)ccc7oc8ccccc8c67)ccc5c4)nc(-c4cccc5c4oc4ccccc45)n3)c2)cc1. The van der Waals surface area contributed by atoms with E-state index in [4.69, 9.17) is 23.8 Å². The van der Waals surface area contributed by atoms with E-state index in [2.05, 4.69) is 152 Å². The van der Waals surface area contributed by atoms with Crippen molar-refractivity contribution in [3.8, 4) is 67.5 Å². The summed E-state index contributed by atoms with van der Waals surface area (Å²) in [5.74, 6) is 1.72. The van der Waals surface area contributed by atoms with Gasteiger partial charge in [-0.15, -0.1) is 0 Å². The molecule has 0 unspecified atom stereocenters. The number of fused-ring (bicyclic) bond motifs is 7. The minimum atomic E-state index is 0.550. The van der Waals surface area contributed by atoms with E-state index in [1.807, 2.05) is 48.5 Å². The first-order valence-corrected chi connectivity index (χ1v) is 20.1. The molecule has 0 bridgehead atoms. The van der Waals surface area contributed by atoms with Gasteiger partial charge >= 0.3 is 0 Å². The maximum absolute atomic E-state index is 6.49. The molecular weight excluding hydrogens is 735 g/mol. The first-order chi connectivity index (χ1) is 29.7. The molecule has 0 N–H and O–H groups in total. The number of benzene rings is 9. The number of hydrogen-bond acceptors (Lipinski definition) is 5. The van der Waals surface area contributed by atoms with Crippen LogP contribution in [0.2, 0.25) is 0 Å². The fourth-order valence-electron chi connectivity index (χ4n) is 8.66. The molecule has 12 rings (SSSR count). The Kier molecular flexibility index (Phi) is 7.78. The summed E-state index contributed by atoms with van der Waals surface area (Å²) in [4.78, 5) is 15.5. The molecule has 0 spiro atoms. The molecular formula is C55H33N3O2. The molecule has 0 saturated carbocycles. The number of rotatable bonds is 6. The second-order valence-corrected chi connectivity index (χ2v) is 15.1. The van der Waals surface area contributed by atoms with Gasteiger partial charge in [0.05, 0.1) is 5.56 Å². The summed E-state index contributed by atoms with van der Waals surface area (Å²) in [6.45, 7) is 0. The fraction of sp³-hybridized carbons (Fsp3) is 0. The van der Waals surface area contributed by atoms with Crippen molar-refractivity contribution >= 4 is 54.6 Å². The van der Waals surface area contributed by atoms with Crippen molar-refractivity contribution in [1.82, 2.24) is 15.0 Å². The lowest BCUT2D eigenvalue weighted by Crippen LogP contribution is -2.00. The second kappa shape index (κ2) is 13.8. The third kappa shape index (κ3) is 5.67. The van der Waals surface area contributed by atoms with Crippen molar-refractivity contribution in [1.29, 1.82) is 0 Å². The highest BCUT2D eigenvalue weighted by atomic mass is 16.3. The average Bonchev–Trinajstić information content (AvgIpc) is 3.90. The fourth-order valence-corrected chi connectivity index (χ4v) is 8.66. The Morgan fingerprint density at radius 2 is 0.867 bits per heavy atom. The summed E-state index contributed by atoms with van der Waals surface area (Å²) in [5.41, 5.74) is 12.7. The van der Waals surface area contributed by atoms with Crippen LogP contribution in [0.25, 0.3) is 122 Å². The smallest absolute Gasteiger partial charge is 0.167 e. The van der Waals surface area contributed by atoms with Gasteiger partial charge in [-0.25, -0.2) is 15.0 Å². The van der Waals surface area contributed by atoms with Gasteiger partial charge in [0.1, 0.15) is 22.3 Å². The van der Waals surface area contributed by atoms with Gasteiger partial charge in [0.25, 0.3) is 0 Å². The number of para-hydroxylation sites is 3. The highest BCUT2D eigenvalue weighted by molar-refractivity contribution is 6.16. The van der Waals surface area contributed by atoms with E-state index in [0.717, 1.165) is 105 Å². The maximum atomic E-state index is 6.49. The lowest BCUT2D eigenvalue weighted by Gasteiger charge is -2.14. The van der Waals surface area contributed by atoms with Crippen LogP contribution in [0.15, 0.2) is 209 Å². The molecule has 3 aromatic heterocycles. The first kappa shape index (κ1) is 33.9. The molecule has 5 nitrogen and oxygen atoms in total. The minimum absolute atomic E-state index is 0.550. The van der Waals surface area contributed by atoms with Crippen molar-refractivity contribution in [2.75, 3.05) is 0 Å². The topological polar surface area (TPSA) is 65.0 Å². The van der Waals surface area contributed by atoms with Crippen molar-refractivity contribution in [2.24, 2.45) is 0 Å². The quantitative estimate of drug-likeness (QED) is 0.169. The molecule has 280 valence electrons. The van der Waals surface area contributed by atoms with Crippen LogP contribution in [-0.4, -0.2) is 15.0 Å². The molecule has 5 heteroatoms. The monoisotopic (exact) mass is 767 g/mol. The predicted octanol–water partition coefficient (Wildman–Crippen LogP) is 14.8.